The monoisotopic (exact) mass is 478 g/mol. The van der Waals surface area contributed by atoms with Gasteiger partial charge in [-0.2, -0.15) is 5.26 Å². The molecule has 9 nitrogen and oxygen atoms in total. The van der Waals surface area contributed by atoms with Crippen LogP contribution in [0.25, 0.3) is 11.0 Å². The van der Waals surface area contributed by atoms with Crippen molar-refractivity contribution in [2.45, 2.75) is 32.4 Å². The Labute approximate surface area is 201 Å². The first kappa shape index (κ1) is 22.3. The molecule has 0 saturated carbocycles. The van der Waals surface area contributed by atoms with Crippen molar-refractivity contribution in [2.24, 2.45) is 5.92 Å². The quantitative estimate of drug-likeness (QED) is 0.524. The largest absolute Gasteiger partial charge is 0.476 e. The molecule has 2 fully saturated rings. The lowest BCUT2D eigenvalue weighted by atomic mass is 9.99. The number of anilines is 2. The van der Waals surface area contributed by atoms with Gasteiger partial charge in [0, 0.05) is 24.6 Å². The number of halogens is 1. The molecule has 1 aromatic carbocycles. The molecule has 0 radical (unpaired) electrons. The van der Waals surface area contributed by atoms with Gasteiger partial charge in [0.2, 0.25) is 0 Å². The third kappa shape index (κ3) is 4.11. The summed E-state index contributed by atoms with van der Waals surface area (Å²) >= 11 is 5.90. The molecule has 0 unspecified atom stereocenters. The molecule has 3 aromatic rings. The van der Waals surface area contributed by atoms with Crippen LogP contribution in [0.4, 0.5) is 11.5 Å². The van der Waals surface area contributed by atoms with Gasteiger partial charge in [0.1, 0.15) is 11.2 Å². The molecule has 0 spiro atoms. The minimum atomic E-state index is -1.17. The lowest BCUT2D eigenvalue weighted by molar-refractivity contribution is 0.0691. The van der Waals surface area contributed by atoms with Crippen molar-refractivity contribution in [1.82, 2.24) is 15.0 Å². The van der Waals surface area contributed by atoms with Crippen LogP contribution in [0.3, 0.4) is 0 Å². The number of fused-ring (bicyclic) bond motifs is 3. The van der Waals surface area contributed by atoms with Crippen molar-refractivity contribution < 1.29 is 14.6 Å². The summed E-state index contributed by atoms with van der Waals surface area (Å²) in [6, 6.07) is 8.93. The number of ether oxygens (including phenoxy) is 1. The summed E-state index contributed by atoms with van der Waals surface area (Å²) in [6.45, 7) is 6.06. The van der Waals surface area contributed by atoms with Crippen LogP contribution in [0.5, 0.6) is 0 Å². The summed E-state index contributed by atoms with van der Waals surface area (Å²) in [5, 5.41) is 22.7. The second-order valence-electron chi connectivity index (χ2n) is 8.89. The highest BCUT2D eigenvalue weighted by atomic mass is 35.5. The van der Waals surface area contributed by atoms with E-state index >= 15 is 0 Å². The number of carboxylic acid groups (broad SMARTS) is 1. The minimum absolute atomic E-state index is 0.107. The fourth-order valence-corrected chi connectivity index (χ4v) is 4.96. The number of carbonyl (C=O) groups is 1. The molecule has 0 amide bonds. The topological polar surface area (TPSA) is 124 Å². The van der Waals surface area contributed by atoms with Gasteiger partial charge in [0.25, 0.3) is 0 Å². The molecule has 2 N–H and O–H groups in total. The van der Waals surface area contributed by atoms with Crippen molar-refractivity contribution in [3.8, 4) is 6.07 Å². The third-order valence-corrected chi connectivity index (χ3v) is 6.51. The van der Waals surface area contributed by atoms with Crippen LogP contribution in [-0.2, 0) is 4.74 Å². The van der Waals surface area contributed by atoms with Crippen molar-refractivity contribution in [1.29, 1.82) is 5.26 Å². The molecule has 10 heteroatoms. The molecule has 2 aliphatic heterocycles. The Bertz CT molecular complexity index is 1330. The number of aromatic nitrogens is 3. The van der Waals surface area contributed by atoms with Crippen LogP contribution in [0.2, 0.25) is 5.15 Å². The Kier molecular flexibility index (Phi) is 5.71. The number of hydrogen-bond acceptors (Lipinski definition) is 8. The van der Waals surface area contributed by atoms with Gasteiger partial charge in [0.15, 0.2) is 17.2 Å². The van der Waals surface area contributed by atoms with Crippen LogP contribution >= 0.6 is 11.6 Å². The van der Waals surface area contributed by atoms with Gasteiger partial charge >= 0.3 is 5.97 Å². The van der Waals surface area contributed by atoms with E-state index in [-0.39, 0.29) is 23.0 Å². The molecule has 2 bridgehead atoms. The zero-order valence-electron chi connectivity index (χ0n) is 18.7. The van der Waals surface area contributed by atoms with Gasteiger partial charge in [-0.15, -0.1) is 0 Å². The second-order valence-corrected chi connectivity index (χ2v) is 9.28. The molecule has 5 rings (SSSR count). The molecule has 2 aromatic heterocycles. The maximum atomic E-state index is 11.7. The predicted octanol–water partition coefficient (Wildman–Crippen LogP) is 3.95. The summed E-state index contributed by atoms with van der Waals surface area (Å²) < 4.78 is 5.83. The summed E-state index contributed by atoms with van der Waals surface area (Å²) in [4.78, 5) is 27.3. The third-order valence-electron chi connectivity index (χ3n) is 6.30. The number of rotatable bonds is 5. The Morgan fingerprint density at radius 1 is 1.32 bits per heavy atom. The number of pyridine rings is 1. The fourth-order valence-electron chi connectivity index (χ4n) is 4.81. The Morgan fingerprint density at radius 2 is 2.15 bits per heavy atom. The van der Waals surface area contributed by atoms with E-state index in [0.29, 0.717) is 40.7 Å². The van der Waals surface area contributed by atoms with Crippen LogP contribution in [0, 0.1) is 24.2 Å². The standard InChI is InChI=1S/C24H23ClN6O3/c1-12-5-16(13(2)27-17-3-4-20(25)29-22(17)24(32)33)21-18(6-12)28-19(8-26)23(30-21)31-9-14-7-15(10-31)34-11-14/h3-6,13-15,27H,7,9-11H2,1-2H3,(H,32,33)/t13-,14-,15+/m1/s1. The fraction of sp³-hybridized carbons (Fsp3) is 0.375. The summed E-state index contributed by atoms with van der Waals surface area (Å²) in [5.74, 6) is -0.186. The minimum Gasteiger partial charge on any atom is -0.476 e. The second kappa shape index (κ2) is 8.70. The van der Waals surface area contributed by atoms with Gasteiger partial charge < -0.3 is 20.1 Å². The first-order valence-corrected chi connectivity index (χ1v) is 11.5. The van der Waals surface area contributed by atoms with E-state index in [2.05, 4.69) is 26.3 Å². The first-order chi connectivity index (χ1) is 16.3. The zero-order chi connectivity index (χ0) is 24.0. The predicted molar refractivity (Wildman–Crippen MR) is 127 cm³/mol. The van der Waals surface area contributed by atoms with Gasteiger partial charge in [-0.05, 0) is 44.0 Å². The number of nitrogens with zero attached hydrogens (tertiary/aromatic N) is 5. The molecular formula is C24H23ClN6O3. The Balaban J connectivity index is 1.57. The number of piperidine rings is 1. The van der Waals surface area contributed by atoms with Crippen LogP contribution < -0.4 is 10.2 Å². The molecule has 4 heterocycles. The van der Waals surface area contributed by atoms with Crippen LogP contribution in [0.1, 0.15) is 46.7 Å². The summed E-state index contributed by atoms with van der Waals surface area (Å²) in [7, 11) is 0. The smallest absolute Gasteiger partial charge is 0.356 e. The molecule has 0 aliphatic carbocycles. The highest BCUT2D eigenvalue weighted by molar-refractivity contribution is 6.29. The molecule has 2 aliphatic rings. The van der Waals surface area contributed by atoms with Gasteiger partial charge in [-0.3, -0.25) is 0 Å². The number of benzene rings is 1. The Morgan fingerprint density at radius 3 is 2.88 bits per heavy atom. The van der Waals surface area contributed by atoms with Crippen molar-refractivity contribution in [3.63, 3.8) is 0 Å². The number of carboxylic acids is 1. The summed E-state index contributed by atoms with van der Waals surface area (Å²) in [6.07, 6.45) is 1.18. The van der Waals surface area contributed by atoms with E-state index in [1.165, 1.54) is 0 Å². The van der Waals surface area contributed by atoms with E-state index < -0.39 is 5.97 Å². The lowest BCUT2D eigenvalue weighted by Crippen LogP contribution is -2.40. The van der Waals surface area contributed by atoms with Gasteiger partial charge in [-0.1, -0.05) is 17.7 Å². The van der Waals surface area contributed by atoms with Gasteiger partial charge in [-0.25, -0.2) is 19.7 Å². The molecule has 174 valence electrons. The number of nitriles is 1. The molecule has 2 saturated heterocycles. The molecule has 34 heavy (non-hydrogen) atoms. The van der Waals surface area contributed by atoms with Crippen molar-refractivity contribution in [2.75, 3.05) is 29.9 Å². The zero-order valence-corrected chi connectivity index (χ0v) is 19.5. The van der Waals surface area contributed by atoms with E-state index in [9.17, 15) is 15.2 Å². The highest BCUT2D eigenvalue weighted by Gasteiger charge is 2.35. The number of hydrogen-bond donors (Lipinski definition) is 2. The highest BCUT2D eigenvalue weighted by Crippen LogP contribution is 2.34. The number of aromatic carboxylic acids is 1. The SMILES string of the molecule is Cc1cc([C@@H](C)Nc2ccc(Cl)nc2C(=O)O)c2nc(N3C[C@@H]4CO[C@@H](C4)C3)c(C#N)nc2c1. The van der Waals surface area contributed by atoms with Gasteiger partial charge in [0.05, 0.1) is 35.5 Å². The normalized spacial score (nSPS) is 20.2. The van der Waals surface area contributed by atoms with E-state index in [1.807, 2.05) is 26.0 Å². The molecular weight excluding hydrogens is 456 g/mol. The maximum Gasteiger partial charge on any atom is 0.356 e. The van der Waals surface area contributed by atoms with Crippen LogP contribution in [-0.4, -0.2) is 51.8 Å². The Hall–Kier alpha value is -3.48. The average molecular weight is 479 g/mol. The first-order valence-electron chi connectivity index (χ1n) is 11.1. The average Bonchev–Trinajstić information content (AvgIpc) is 3.15. The maximum absolute atomic E-state index is 11.7. The number of aryl methyl sites for hydroxylation is 1. The van der Waals surface area contributed by atoms with Crippen LogP contribution in [0.15, 0.2) is 24.3 Å². The van der Waals surface area contributed by atoms with E-state index in [4.69, 9.17) is 21.3 Å². The van der Waals surface area contributed by atoms with E-state index in [0.717, 1.165) is 30.7 Å². The van der Waals surface area contributed by atoms with E-state index in [1.54, 1.807) is 12.1 Å². The lowest BCUT2D eigenvalue weighted by Gasteiger charge is -2.31. The van der Waals surface area contributed by atoms with Crippen molar-refractivity contribution in [3.05, 3.63) is 51.9 Å². The van der Waals surface area contributed by atoms with Crippen molar-refractivity contribution >= 4 is 40.1 Å². The number of nitrogens with one attached hydrogen (secondary N) is 1. The summed E-state index contributed by atoms with van der Waals surface area (Å²) in [5.41, 5.74) is 3.57. The molecule has 3 atom stereocenters.